The molecule has 2 aliphatic rings. The second-order valence-corrected chi connectivity index (χ2v) is 12.3. The van der Waals surface area contributed by atoms with E-state index in [-0.39, 0.29) is 11.3 Å². The highest BCUT2D eigenvalue weighted by molar-refractivity contribution is 6.04. The van der Waals surface area contributed by atoms with E-state index in [4.69, 9.17) is 15.5 Å². The number of hydrogen-bond acceptors (Lipinski definition) is 11. The molecule has 5 N–H and O–H groups in total. The first-order valence-corrected chi connectivity index (χ1v) is 14.8. The summed E-state index contributed by atoms with van der Waals surface area (Å²) in [6, 6.07) is 7.30. The normalized spacial score (nSPS) is 17.9. The van der Waals surface area contributed by atoms with Gasteiger partial charge in [-0.25, -0.2) is 15.0 Å². The average molecular weight is 586 g/mol. The van der Waals surface area contributed by atoms with Crippen LogP contribution < -0.4 is 21.3 Å². The van der Waals surface area contributed by atoms with E-state index in [1.165, 1.54) is 6.33 Å². The molecule has 226 valence electrons. The average Bonchev–Trinajstić information content (AvgIpc) is 3.67. The molecule has 1 amide bonds. The van der Waals surface area contributed by atoms with Crippen LogP contribution in [0.15, 0.2) is 30.6 Å². The van der Waals surface area contributed by atoms with E-state index in [0.717, 1.165) is 63.4 Å². The third-order valence-electron chi connectivity index (χ3n) is 8.02. The molecule has 6 rings (SSSR count). The lowest BCUT2D eigenvalue weighted by molar-refractivity contribution is 0.0712. The number of benzene rings is 1. The Morgan fingerprint density at radius 3 is 2.65 bits per heavy atom. The summed E-state index contributed by atoms with van der Waals surface area (Å²) < 4.78 is 5.82. The van der Waals surface area contributed by atoms with Gasteiger partial charge >= 0.3 is 0 Å². The van der Waals surface area contributed by atoms with Gasteiger partial charge in [0.2, 0.25) is 5.95 Å². The summed E-state index contributed by atoms with van der Waals surface area (Å²) in [4.78, 5) is 36.0. The molecule has 43 heavy (non-hydrogen) atoms. The van der Waals surface area contributed by atoms with Gasteiger partial charge in [0.15, 0.2) is 17.5 Å². The van der Waals surface area contributed by atoms with E-state index < -0.39 is 0 Å². The maximum atomic E-state index is 13.1. The molecule has 2 saturated heterocycles. The number of aromatic nitrogens is 6. The molecule has 3 aromatic heterocycles. The summed E-state index contributed by atoms with van der Waals surface area (Å²) in [6.45, 7) is 13.4. The molecule has 2 fully saturated rings. The quantitative estimate of drug-likeness (QED) is 0.250. The first-order valence-electron chi connectivity index (χ1n) is 14.8. The smallest absolute Gasteiger partial charge is 0.256 e. The second-order valence-electron chi connectivity index (χ2n) is 12.3. The fourth-order valence-electron chi connectivity index (χ4n) is 5.38. The van der Waals surface area contributed by atoms with E-state index in [1.807, 2.05) is 19.1 Å². The molecular formula is C30H39N11O2. The van der Waals surface area contributed by atoms with Gasteiger partial charge in [-0.3, -0.25) is 14.8 Å². The number of nitrogens with two attached hydrogens (primary N) is 1. The Hall–Kier alpha value is -4.36. The summed E-state index contributed by atoms with van der Waals surface area (Å²) in [5, 5.41) is 13.5. The standard InChI is InChI=1S/C30H39N11O2/c1-18-7-8-19(28(42)35-23-15-22(38-39-23)30(2,3)4)14-21(18)34-27-25-24(32-17-33-27)26(31)37-29(36-25)41-11-9-40(10-12-41)16-20-6-5-13-43-20/h7-8,14-15,17,20H,5-6,9-13,16H2,1-4H3,(H2,31,36,37)(H,32,33,34)(H2,35,38,39,42). The topological polar surface area (TPSA) is 163 Å². The lowest BCUT2D eigenvalue weighted by Gasteiger charge is -2.35. The van der Waals surface area contributed by atoms with Crippen LogP contribution in [-0.4, -0.2) is 86.4 Å². The highest BCUT2D eigenvalue weighted by Crippen LogP contribution is 2.29. The number of nitrogen functional groups attached to an aromatic ring is 1. The van der Waals surface area contributed by atoms with Crippen molar-refractivity contribution in [3.05, 3.63) is 47.4 Å². The Morgan fingerprint density at radius 2 is 1.93 bits per heavy atom. The third-order valence-corrected chi connectivity index (χ3v) is 8.02. The molecular weight excluding hydrogens is 546 g/mol. The Labute approximate surface area is 250 Å². The Bertz CT molecular complexity index is 1620. The van der Waals surface area contributed by atoms with Crippen molar-refractivity contribution in [1.29, 1.82) is 0 Å². The first kappa shape index (κ1) is 28.7. The van der Waals surface area contributed by atoms with Crippen molar-refractivity contribution >= 4 is 46.0 Å². The molecule has 0 saturated carbocycles. The number of carbonyl (C=O) groups is 1. The van der Waals surface area contributed by atoms with Crippen LogP contribution >= 0.6 is 0 Å². The Morgan fingerprint density at radius 1 is 1.12 bits per heavy atom. The molecule has 0 bridgehead atoms. The largest absolute Gasteiger partial charge is 0.382 e. The van der Waals surface area contributed by atoms with Crippen LogP contribution in [0, 0.1) is 6.92 Å². The number of aryl methyl sites for hydroxylation is 1. The lowest BCUT2D eigenvalue weighted by atomic mass is 9.92. The van der Waals surface area contributed by atoms with Crippen molar-refractivity contribution < 1.29 is 9.53 Å². The molecule has 0 radical (unpaired) electrons. The van der Waals surface area contributed by atoms with E-state index in [0.29, 0.717) is 51.8 Å². The van der Waals surface area contributed by atoms with Crippen molar-refractivity contribution in [3.63, 3.8) is 0 Å². The lowest BCUT2D eigenvalue weighted by Crippen LogP contribution is -2.49. The summed E-state index contributed by atoms with van der Waals surface area (Å²) in [7, 11) is 0. The maximum absolute atomic E-state index is 13.1. The number of hydrogen-bond donors (Lipinski definition) is 4. The Kier molecular flexibility index (Phi) is 7.84. The zero-order valence-corrected chi connectivity index (χ0v) is 25.1. The van der Waals surface area contributed by atoms with Gasteiger partial charge in [-0.2, -0.15) is 10.1 Å². The molecule has 0 aliphatic carbocycles. The zero-order chi connectivity index (χ0) is 30.1. The van der Waals surface area contributed by atoms with Crippen LogP contribution in [0.1, 0.15) is 55.2 Å². The van der Waals surface area contributed by atoms with Crippen molar-refractivity contribution in [2.24, 2.45) is 0 Å². The molecule has 1 unspecified atom stereocenters. The van der Waals surface area contributed by atoms with E-state index in [1.54, 1.807) is 12.1 Å². The van der Waals surface area contributed by atoms with Crippen LogP contribution in [-0.2, 0) is 10.2 Å². The molecule has 0 spiro atoms. The minimum atomic E-state index is -0.268. The highest BCUT2D eigenvalue weighted by Gasteiger charge is 2.25. The van der Waals surface area contributed by atoms with E-state index in [9.17, 15) is 4.79 Å². The number of nitrogens with zero attached hydrogens (tertiary/aromatic N) is 7. The van der Waals surface area contributed by atoms with Gasteiger partial charge < -0.3 is 26.0 Å². The summed E-state index contributed by atoms with van der Waals surface area (Å²) >= 11 is 0. The van der Waals surface area contributed by atoms with Crippen molar-refractivity contribution in [2.45, 2.75) is 52.1 Å². The number of ether oxygens (including phenoxy) is 1. The minimum absolute atomic E-state index is 0.108. The second kappa shape index (κ2) is 11.7. The summed E-state index contributed by atoms with van der Waals surface area (Å²) in [5.41, 5.74) is 10.3. The number of piperazine rings is 1. The molecule has 5 heterocycles. The predicted molar refractivity (Wildman–Crippen MR) is 167 cm³/mol. The van der Waals surface area contributed by atoms with E-state index in [2.05, 4.69) is 66.4 Å². The number of aromatic amines is 1. The SMILES string of the molecule is Cc1ccc(C(=O)Nc2cc(C(C)(C)C)[nH]n2)cc1Nc1ncnc2c(N)nc(N3CCN(CC4CCCO4)CC3)nc12. The number of fused-ring (bicyclic) bond motifs is 1. The molecule has 13 nitrogen and oxygen atoms in total. The number of rotatable bonds is 7. The molecule has 1 atom stereocenters. The number of amides is 1. The van der Waals surface area contributed by atoms with Gasteiger partial charge in [0.05, 0.1) is 6.10 Å². The fourth-order valence-corrected chi connectivity index (χ4v) is 5.38. The minimum Gasteiger partial charge on any atom is -0.382 e. The van der Waals surface area contributed by atoms with Gasteiger partial charge in [-0.15, -0.1) is 0 Å². The number of anilines is 5. The van der Waals surface area contributed by atoms with Gasteiger partial charge in [0.1, 0.15) is 17.4 Å². The van der Waals surface area contributed by atoms with Crippen molar-refractivity contribution in [3.8, 4) is 0 Å². The van der Waals surface area contributed by atoms with Crippen LogP contribution in [0.3, 0.4) is 0 Å². The van der Waals surface area contributed by atoms with Crippen LogP contribution in [0.4, 0.5) is 29.1 Å². The summed E-state index contributed by atoms with van der Waals surface area (Å²) in [6.07, 6.45) is 4.05. The highest BCUT2D eigenvalue weighted by atomic mass is 16.5. The number of carbonyl (C=O) groups excluding carboxylic acids is 1. The zero-order valence-electron chi connectivity index (χ0n) is 25.1. The van der Waals surface area contributed by atoms with Gasteiger partial charge in [0, 0.05) is 67.8 Å². The van der Waals surface area contributed by atoms with E-state index >= 15 is 0 Å². The molecule has 1 aromatic carbocycles. The first-order chi connectivity index (χ1) is 20.6. The van der Waals surface area contributed by atoms with Gasteiger partial charge in [-0.1, -0.05) is 26.8 Å². The Balaban J connectivity index is 1.20. The number of nitrogens with one attached hydrogen (secondary N) is 3. The van der Waals surface area contributed by atoms with Gasteiger partial charge in [0.25, 0.3) is 5.91 Å². The monoisotopic (exact) mass is 585 g/mol. The van der Waals surface area contributed by atoms with Crippen molar-refractivity contribution in [1.82, 2.24) is 35.0 Å². The van der Waals surface area contributed by atoms with Crippen LogP contribution in [0.2, 0.25) is 0 Å². The predicted octanol–water partition coefficient (Wildman–Crippen LogP) is 3.63. The number of H-pyrrole nitrogens is 1. The van der Waals surface area contributed by atoms with Crippen LogP contribution in [0.5, 0.6) is 0 Å². The summed E-state index contributed by atoms with van der Waals surface area (Å²) in [5.74, 6) is 1.54. The molecule has 13 heteroatoms. The van der Waals surface area contributed by atoms with Crippen LogP contribution in [0.25, 0.3) is 11.0 Å². The third kappa shape index (κ3) is 6.37. The molecule has 4 aromatic rings. The maximum Gasteiger partial charge on any atom is 0.256 e. The molecule has 2 aliphatic heterocycles. The fraction of sp³-hybridized carbons (Fsp3) is 0.467. The van der Waals surface area contributed by atoms with Gasteiger partial charge in [-0.05, 0) is 37.5 Å². The van der Waals surface area contributed by atoms with Crippen molar-refractivity contribution in [2.75, 3.05) is 60.6 Å².